The number of nitrogens with zero attached hydrogens (tertiary/aromatic N) is 1. The number of hydrogen-bond acceptors (Lipinski definition) is 14. The second-order valence-corrected chi connectivity index (χ2v) is 17.3. The summed E-state index contributed by atoms with van der Waals surface area (Å²) < 4.78 is 18.0. The average Bonchev–Trinajstić information content (AvgIpc) is 3.66. The van der Waals surface area contributed by atoms with Crippen LogP contribution in [0.5, 0.6) is 0 Å². The van der Waals surface area contributed by atoms with E-state index in [1.54, 1.807) is 0 Å². The van der Waals surface area contributed by atoms with E-state index in [9.17, 15) is 34.2 Å². The fourth-order valence-electron chi connectivity index (χ4n) is 7.47. The molecule has 64 heavy (non-hydrogen) atoms. The summed E-state index contributed by atoms with van der Waals surface area (Å²) in [5.41, 5.74) is 9.88. The van der Waals surface area contributed by atoms with E-state index in [4.69, 9.17) is 30.8 Å². The number of β-amino-alcohol motifs (C(OH)–C–C–N with tert-alkyl or cyclic N) is 1. The van der Waals surface area contributed by atoms with Crippen LogP contribution < -0.4 is 38.1 Å². The highest BCUT2D eigenvalue weighted by Gasteiger charge is 2.36. The number of aliphatic hydroxyl groups is 3. The van der Waals surface area contributed by atoms with Crippen molar-refractivity contribution in [2.75, 3.05) is 98.7 Å². The summed E-state index contributed by atoms with van der Waals surface area (Å²) in [5, 5.41) is 43.0. The van der Waals surface area contributed by atoms with Crippen LogP contribution in [0.3, 0.4) is 0 Å². The fraction of sp³-hybridized carbons (Fsp3) is 0.889. The molecule has 5 amide bonds. The van der Waals surface area contributed by atoms with E-state index in [0.29, 0.717) is 103 Å². The Morgan fingerprint density at radius 1 is 0.609 bits per heavy atom. The molecular formula is C45H88N8O11. The fourth-order valence-corrected chi connectivity index (χ4v) is 7.47. The number of aliphatic hydroxyl groups excluding tert-OH is 3. The third-order valence-electron chi connectivity index (χ3n) is 11.5. The standard InChI is InChI=1S/C45H88N8O11/c1-36(37(2)53-31-39(56)30-38(53)32-55)14-7-5-3-4-6-8-16-44(61)52-45(33-62-27-17-41(58)48-22-11-20-46,34-63-28-18-42(59)49-23-12-21-47)35-64-29-19-43(60)51-25-13-24-50-40(57)15-9-10-26-54/h36-39,54-56H,3-35,46-47H2,1-2H3,(H,48,58)(H,49,59)(H,50,57)(H,51,60)(H,52,61)/t36?,37?,38-,39+/m0/s1. The van der Waals surface area contributed by atoms with Gasteiger partial charge >= 0.3 is 0 Å². The van der Waals surface area contributed by atoms with Gasteiger partial charge in [-0.05, 0) is 77.3 Å². The lowest BCUT2D eigenvalue weighted by Gasteiger charge is -2.34. The molecule has 1 aliphatic heterocycles. The average molecular weight is 917 g/mol. The predicted octanol–water partition coefficient (Wildman–Crippen LogP) is 0.349. The van der Waals surface area contributed by atoms with Gasteiger partial charge in [-0.15, -0.1) is 0 Å². The summed E-state index contributed by atoms with van der Waals surface area (Å²) in [7, 11) is 0. The lowest BCUT2D eigenvalue weighted by Crippen LogP contribution is -2.58. The number of nitrogens with one attached hydrogen (secondary N) is 5. The van der Waals surface area contributed by atoms with Crippen molar-refractivity contribution in [2.45, 2.75) is 153 Å². The molecule has 1 heterocycles. The molecule has 0 radical (unpaired) electrons. The van der Waals surface area contributed by atoms with E-state index in [-0.39, 0.29) is 126 Å². The zero-order valence-electron chi connectivity index (χ0n) is 39.4. The van der Waals surface area contributed by atoms with Gasteiger partial charge in [0.2, 0.25) is 29.5 Å². The van der Waals surface area contributed by atoms with Crippen molar-refractivity contribution in [1.82, 2.24) is 31.5 Å². The molecule has 0 aliphatic carbocycles. The van der Waals surface area contributed by atoms with Crippen LogP contribution in [0.15, 0.2) is 0 Å². The Morgan fingerprint density at radius 2 is 1.05 bits per heavy atom. The molecule has 0 aromatic rings. The molecule has 0 bridgehead atoms. The van der Waals surface area contributed by atoms with E-state index in [2.05, 4.69) is 45.3 Å². The number of hydrogen-bond donors (Lipinski definition) is 10. The van der Waals surface area contributed by atoms with Crippen molar-refractivity contribution in [3.63, 3.8) is 0 Å². The molecule has 1 saturated heterocycles. The number of carbonyl (C=O) groups is 5. The Kier molecular flexibility index (Phi) is 35.2. The molecule has 19 nitrogen and oxygen atoms in total. The Hall–Kier alpha value is -3.01. The van der Waals surface area contributed by atoms with Gasteiger partial charge in [0.15, 0.2) is 0 Å². The van der Waals surface area contributed by atoms with Gasteiger partial charge in [0.25, 0.3) is 0 Å². The zero-order chi connectivity index (χ0) is 47.3. The molecule has 19 heteroatoms. The summed E-state index contributed by atoms with van der Waals surface area (Å²) >= 11 is 0. The summed E-state index contributed by atoms with van der Waals surface area (Å²) in [6.45, 7) is 7.81. The van der Waals surface area contributed by atoms with Crippen molar-refractivity contribution in [3.05, 3.63) is 0 Å². The molecule has 1 fully saturated rings. The van der Waals surface area contributed by atoms with Gasteiger partial charge in [0, 0.05) is 83.5 Å². The normalized spacial score (nSPS) is 16.3. The molecule has 374 valence electrons. The highest BCUT2D eigenvalue weighted by Crippen LogP contribution is 2.26. The minimum absolute atomic E-state index is 0.0227. The van der Waals surface area contributed by atoms with Gasteiger partial charge in [0.1, 0.15) is 5.54 Å². The third kappa shape index (κ3) is 29.5. The number of likely N-dealkylation sites (tertiary alicyclic amines) is 1. The second kappa shape index (κ2) is 38.1. The maximum absolute atomic E-state index is 13.5. The molecule has 4 atom stereocenters. The number of carbonyl (C=O) groups excluding carboxylic acids is 5. The molecule has 2 unspecified atom stereocenters. The third-order valence-corrected chi connectivity index (χ3v) is 11.5. The van der Waals surface area contributed by atoms with Crippen molar-refractivity contribution >= 4 is 29.5 Å². The maximum Gasteiger partial charge on any atom is 0.222 e. The summed E-state index contributed by atoms with van der Waals surface area (Å²) in [6, 6.07) is 0.309. The second-order valence-electron chi connectivity index (χ2n) is 17.3. The monoisotopic (exact) mass is 917 g/mol. The van der Waals surface area contributed by atoms with Crippen LogP contribution in [-0.2, 0) is 38.2 Å². The molecular weight excluding hydrogens is 829 g/mol. The highest BCUT2D eigenvalue weighted by molar-refractivity contribution is 5.78. The molecule has 1 rings (SSSR count). The van der Waals surface area contributed by atoms with E-state index in [1.165, 1.54) is 0 Å². The zero-order valence-corrected chi connectivity index (χ0v) is 39.4. The minimum atomic E-state index is -1.19. The highest BCUT2D eigenvalue weighted by atomic mass is 16.5. The minimum Gasteiger partial charge on any atom is -0.396 e. The van der Waals surface area contributed by atoms with Crippen molar-refractivity contribution in [3.8, 4) is 0 Å². The van der Waals surface area contributed by atoms with Crippen LogP contribution in [-0.4, -0.2) is 172 Å². The molecule has 0 saturated carbocycles. The Labute approximate surface area is 383 Å². The number of unbranched alkanes of at least 4 members (excludes halogenated alkanes) is 6. The van der Waals surface area contributed by atoms with Crippen LogP contribution in [0.1, 0.15) is 129 Å². The van der Waals surface area contributed by atoms with Crippen molar-refractivity contribution in [2.24, 2.45) is 17.4 Å². The van der Waals surface area contributed by atoms with Gasteiger partial charge in [0.05, 0.1) is 52.4 Å². The number of ether oxygens (including phenoxy) is 3. The number of nitrogens with two attached hydrogens (primary N) is 2. The molecule has 0 aromatic carbocycles. The van der Waals surface area contributed by atoms with Gasteiger partial charge in [-0.1, -0.05) is 39.0 Å². The van der Waals surface area contributed by atoms with Crippen molar-refractivity contribution < 1.29 is 53.5 Å². The van der Waals surface area contributed by atoms with E-state index < -0.39 is 5.54 Å². The lowest BCUT2D eigenvalue weighted by molar-refractivity contribution is -0.130. The Morgan fingerprint density at radius 3 is 1.53 bits per heavy atom. The first-order chi connectivity index (χ1) is 30.9. The first kappa shape index (κ1) is 59.0. The maximum atomic E-state index is 13.5. The van der Waals surface area contributed by atoms with Crippen LogP contribution in [0.4, 0.5) is 0 Å². The topological polar surface area (TPSA) is 289 Å². The van der Waals surface area contributed by atoms with Crippen LogP contribution in [0.2, 0.25) is 0 Å². The van der Waals surface area contributed by atoms with Gasteiger partial charge < -0.3 is 67.6 Å². The Bertz CT molecular complexity index is 1220. The molecule has 12 N–H and O–H groups in total. The van der Waals surface area contributed by atoms with Gasteiger partial charge in [-0.25, -0.2) is 0 Å². The molecule has 0 aromatic heterocycles. The van der Waals surface area contributed by atoms with Crippen molar-refractivity contribution in [1.29, 1.82) is 0 Å². The van der Waals surface area contributed by atoms with Crippen LogP contribution in [0, 0.1) is 5.92 Å². The van der Waals surface area contributed by atoms with Gasteiger partial charge in [-0.2, -0.15) is 0 Å². The molecule has 1 aliphatic rings. The summed E-state index contributed by atoms with van der Waals surface area (Å²) in [6.07, 6.45) is 11.0. The first-order valence-corrected chi connectivity index (χ1v) is 24.1. The van der Waals surface area contributed by atoms with Gasteiger partial charge in [-0.3, -0.25) is 28.9 Å². The Balaban J connectivity index is 2.77. The smallest absolute Gasteiger partial charge is 0.222 e. The summed E-state index contributed by atoms with van der Waals surface area (Å²) in [4.78, 5) is 64.9. The van der Waals surface area contributed by atoms with Crippen LogP contribution >= 0.6 is 0 Å². The van der Waals surface area contributed by atoms with E-state index >= 15 is 0 Å². The van der Waals surface area contributed by atoms with E-state index in [0.717, 1.165) is 38.5 Å². The SMILES string of the molecule is CC(CCCCCCCCC(=O)NC(COCCC(=O)NCCCN)(COCCC(=O)NCCCN)COCCC(=O)NCCCNC(=O)CCCCO)C(C)N1C[C@H](O)C[C@H]1CO. The largest absolute Gasteiger partial charge is 0.396 e. The van der Waals surface area contributed by atoms with Crippen LogP contribution in [0.25, 0.3) is 0 Å². The quantitative estimate of drug-likeness (QED) is 0.0370. The molecule has 0 spiro atoms. The summed E-state index contributed by atoms with van der Waals surface area (Å²) in [5.74, 6) is -0.479. The number of amides is 5. The predicted molar refractivity (Wildman–Crippen MR) is 246 cm³/mol. The lowest BCUT2D eigenvalue weighted by atomic mass is 9.94. The first-order valence-electron chi connectivity index (χ1n) is 24.1. The van der Waals surface area contributed by atoms with E-state index in [1.807, 2.05) is 0 Å². The number of rotatable bonds is 42.